The fourth-order valence-corrected chi connectivity index (χ4v) is 5.52. The van der Waals surface area contributed by atoms with Crippen molar-refractivity contribution < 1.29 is 22.5 Å². The second kappa shape index (κ2) is 9.75. The predicted octanol–water partition coefficient (Wildman–Crippen LogP) is 4.12. The van der Waals surface area contributed by atoms with Crippen molar-refractivity contribution in [2.24, 2.45) is 10.7 Å². The first-order chi connectivity index (χ1) is 17.1. The van der Waals surface area contributed by atoms with Crippen molar-refractivity contribution >= 4 is 22.0 Å². The average Bonchev–Trinajstić information content (AvgIpc) is 3.09. The summed E-state index contributed by atoms with van der Waals surface area (Å²) in [4.78, 5) is 19.6. The van der Waals surface area contributed by atoms with Crippen LogP contribution in [-0.4, -0.2) is 43.4 Å². The number of hydrogen-bond donors (Lipinski definition) is 2. The molecule has 0 saturated heterocycles. The van der Waals surface area contributed by atoms with Crippen LogP contribution in [0.5, 0.6) is 5.75 Å². The Morgan fingerprint density at radius 1 is 1.00 bits per heavy atom. The topological polar surface area (TPSA) is 122 Å². The average molecular weight is 508 g/mol. The predicted molar refractivity (Wildman–Crippen MR) is 139 cm³/mol. The fraction of sp³-hybridized carbons (Fsp3) is 0.259. The van der Waals surface area contributed by atoms with Crippen LogP contribution in [0.2, 0.25) is 0 Å². The maximum atomic E-state index is 13.6. The number of ether oxygens (including phenoxy) is 1. The molecule has 4 rings (SSSR count). The van der Waals surface area contributed by atoms with E-state index >= 15 is 0 Å². The van der Waals surface area contributed by atoms with Crippen LogP contribution in [0.4, 0.5) is 0 Å². The minimum absolute atomic E-state index is 0.0807. The molecule has 0 saturated carbocycles. The molecule has 0 fully saturated rings. The summed E-state index contributed by atoms with van der Waals surface area (Å²) < 4.78 is 38.9. The molecule has 1 aliphatic heterocycles. The van der Waals surface area contributed by atoms with Gasteiger partial charge in [-0.2, -0.15) is 8.42 Å². The van der Waals surface area contributed by atoms with Crippen LogP contribution in [0.1, 0.15) is 42.2 Å². The molecule has 2 atom stereocenters. The van der Waals surface area contributed by atoms with Gasteiger partial charge in [0.05, 0.1) is 6.61 Å². The Labute approximate surface area is 211 Å². The molecule has 0 spiro atoms. The van der Waals surface area contributed by atoms with Gasteiger partial charge in [-0.25, -0.2) is 4.99 Å². The molecule has 0 radical (unpaired) electrons. The SMILES string of the molecule is CCOc1cccc(-c2cccc(C3(c4ccc(C(CC)S(=O)(=O)O)cc4)N=C(N)N(C)C3=O)c2)c1. The molecule has 36 heavy (non-hydrogen) atoms. The van der Waals surface area contributed by atoms with E-state index in [2.05, 4.69) is 4.99 Å². The zero-order valence-corrected chi connectivity index (χ0v) is 21.2. The molecule has 188 valence electrons. The van der Waals surface area contributed by atoms with Crippen LogP contribution in [0.3, 0.4) is 0 Å². The van der Waals surface area contributed by atoms with Crippen LogP contribution < -0.4 is 10.5 Å². The normalized spacial score (nSPS) is 18.7. The number of carbonyl (C=O) groups excluding carboxylic acids is 1. The third-order valence-corrected chi connectivity index (χ3v) is 7.75. The molecular weight excluding hydrogens is 478 g/mol. The van der Waals surface area contributed by atoms with Gasteiger partial charge in [0.2, 0.25) is 0 Å². The maximum Gasteiger partial charge on any atom is 0.271 e. The summed E-state index contributed by atoms with van der Waals surface area (Å²) in [5.74, 6) is 0.501. The van der Waals surface area contributed by atoms with Gasteiger partial charge in [0.15, 0.2) is 11.5 Å². The number of rotatable bonds is 8. The van der Waals surface area contributed by atoms with Gasteiger partial charge < -0.3 is 10.5 Å². The lowest BCUT2D eigenvalue weighted by atomic mass is 9.81. The van der Waals surface area contributed by atoms with Crippen LogP contribution in [0, 0.1) is 0 Å². The van der Waals surface area contributed by atoms with Crippen LogP contribution in [0.25, 0.3) is 11.1 Å². The molecule has 3 N–H and O–H groups in total. The highest BCUT2D eigenvalue weighted by molar-refractivity contribution is 7.86. The number of nitrogens with zero attached hydrogens (tertiary/aromatic N) is 2. The third-order valence-electron chi connectivity index (χ3n) is 6.43. The van der Waals surface area contributed by atoms with Crippen LogP contribution in [-0.2, 0) is 20.5 Å². The standard InChI is InChI=1S/C27H29N3O5S/c1-4-24(36(32,33)34)18-12-14-21(15-13-18)27(25(31)30(3)26(28)29-27)22-10-6-8-19(16-22)20-9-7-11-23(17-20)35-5-2/h6-17,24H,4-5H2,1-3H3,(H2,28,29)(H,32,33,34). The summed E-state index contributed by atoms with van der Waals surface area (Å²) in [6.45, 7) is 4.15. The fourth-order valence-electron chi connectivity index (χ4n) is 4.60. The summed E-state index contributed by atoms with van der Waals surface area (Å²) in [6.07, 6.45) is 0.207. The lowest BCUT2D eigenvalue weighted by Crippen LogP contribution is -2.41. The summed E-state index contributed by atoms with van der Waals surface area (Å²) in [5.41, 5.74) is 8.04. The molecule has 1 aliphatic rings. The molecule has 1 heterocycles. The number of likely N-dealkylation sites (N-methyl/N-ethyl adjacent to an activating group) is 1. The Balaban J connectivity index is 1.85. The molecule has 3 aromatic carbocycles. The van der Waals surface area contributed by atoms with E-state index < -0.39 is 20.9 Å². The highest BCUT2D eigenvalue weighted by Gasteiger charge is 2.49. The van der Waals surface area contributed by atoms with Crippen molar-refractivity contribution in [3.8, 4) is 16.9 Å². The molecule has 2 unspecified atom stereocenters. The lowest BCUT2D eigenvalue weighted by molar-refractivity contribution is -0.129. The number of benzene rings is 3. The van der Waals surface area contributed by atoms with Gasteiger partial charge in [-0.1, -0.05) is 61.5 Å². The Hall–Kier alpha value is -3.69. The van der Waals surface area contributed by atoms with Crippen molar-refractivity contribution in [2.75, 3.05) is 13.7 Å². The molecule has 8 nitrogen and oxygen atoms in total. The third kappa shape index (κ3) is 4.47. The van der Waals surface area contributed by atoms with Crippen molar-refractivity contribution in [3.05, 3.63) is 89.5 Å². The Morgan fingerprint density at radius 3 is 2.19 bits per heavy atom. The van der Waals surface area contributed by atoms with E-state index in [4.69, 9.17) is 10.5 Å². The largest absolute Gasteiger partial charge is 0.494 e. The molecule has 0 bridgehead atoms. The van der Waals surface area contributed by atoms with Crippen molar-refractivity contribution in [3.63, 3.8) is 0 Å². The highest BCUT2D eigenvalue weighted by Crippen LogP contribution is 2.41. The number of carbonyl (C=O) groups is 1. The maximum absolute atomic E-state index is 13.6. The molecular formula is C27H29N3O5S. The number of nitrogens with two attached hydrogens (primary N) is 1. The monoisotopic (exact) mass is 507 g/mol. The number of guanidine groups is 1. The summed E-state index contributed by atoms with van der Waals surface area (Å²) in [5, 5.41) is -1.06. The first-order valence-electron chi connectivity index (χ1n) is 11.7. The quantitative estimate of drug-likeness (QED) is 0.442. The van der Waals surface area contributed by atoms with Gasteiger partial charge in [-0.05, 0) is 59.4 Å². The molecule has 0 aromatic heterocycles. The van der Waals surface area contributed by atoms with E-state index in [1.54, 1.807) is 38.2 Å². The summed E-state index contributed by atoms with van der Waals surface area (Å²) in [6, 6.07) is 21.8. The van der Waals surface area contributed by atoms with Gasteiger partial charge in [-0.15, -0.1) is 0 Å². The number of hydrogen-bond acceptors (Lipinski definition) is 6. The van der Waals surface area contributed by atoms with Gasteiger partial charge in [0, 0.05) is 7.05 Å². The van der Waals surface area contributed by atoms with Crippen molar-refractivity contribution in [2.45, 2.75) is 31.1 Å². The molecule has 1 amide bonds. The van der Waals surface area contributed by atoms with E-state index in [0.717, 1.165) is 16.9 Å². The van der Waals surface area contributed by atoms with E-state index in [9.17, 15) is 17.8 Å². The zero-order chi connectivity index (χ0) is 26.1. The van der Waals surface area contributed by atoms with Gasteiger partial charge in [-0.3, -0.25) is 14.2 Å². The number of aliphatic imine (C=N–C) groups is 1. The smallest absolute Gasteiger partial charge is 0.271 e. The number of amides is 1. The second-order valence-electron chi connectivity index (χ2n) is 8.62. The van der Waals surface area contributed by atoms with Crippen molar-refractivity contribution in [1.29, 1.82) is 0 Å². The van der Waals surface area contributed by atoms with Gasteiger partial charge >= 0.3 is 0 Å². The zero-order valence-electron chi connectivity index (χ0n) is 20.4. The van der Waals surface area contributed by atoms with Crippen molar-refractivity contribution in [1.82, 2.24) is 4.90 Å². The first-order valence-corrected chi connectivity index (χ1v) is 13.2. The molecule has 9 heteroatoms. The lowest BCUT2D eigenvalue weighted by Gasteiger charge is -2.27. The van der Waals surface area contributed by atoms with E-state index in [0.29, 0.717) is 23.3 Å². The Morgan fingerprint density at radius 2 is 1.64 bits per heavy atom. The van der Waals surface area contributed by atoms with Crippen LogP contribution >= 0.6 is 0 Å². The summed E-state index contributed by atoms with van der Waals surface area (Å²) >= 11 is 0. The van der Waals surface area contributed by atoms with E-state index in [1.165, 1.54) is 4.90 Å². The highest BCUT2D eigenvalue weighted by atomic mass is 32.2. The minimum atomic E-state index is -4.27. The minimum Gasteiger partial charge on any atom is -0.494 e. The first kappa shape index (κ1) is 25.4. The Bertz CT molecular complexity index is 1420. The molecule has 3 aromatic rings. The van der Waals surface area contributed by atoms with Gasteiger partial charge in [0.1, 0.15) is 11.0 Å². The van der Waals surface area contributed by atoms with Crippen LogP contribution in [0.15, 0.2) is 77.8 Å². The molecule has 0 aliphatic carbocycles. The summed E-state index contributed by atoms with van der Waals surface area (Å²) in [7, 11) is -2.71. The Kier molecular flexibility index (Phi) is 6.88. The van der Waals surface area contributed by atoms with E-state index in [-0.39, 0.29) is 18.3 Å². The van der Waals surface area contributed by atoms with E-state index in [1.807, 2.05) is 55.5 Å². The van der Waals surface area contributed by atoms with Gasteiger partial charge in [0.25, 0.3) is 16.0 Å². The second-order valence-corrected chi connectivity index (χ2v) is 10.2.